The number of hydrogen-bond acceptors (Lipinski definition) is 2. The third-order valence-corrected chi connectivity index (χ3v) is 2.82. The summed E-state index contributed by atoms with van der Waals surface area (Å²) in [6, 6.07) is 9.99. The molecule has 3 heteroatoms. The van der Waals surface area contributed by atoms with Crippen LogP contribution in [0, 0.1) is 0 Å². The number of aromatic nitrogens is 1. The summed E-state index contributed by atoms with van der Waals surface area (Å²) in [4.78, 5) is 4.08. The number of rotatable bonds is 3. The summed E-state index contributed by atoms with van der Waals surface area (Å²) in [6.07, 6.45) is 4.48. The predicted octanol–water partition coefficient (Wildman–Crippen LogP) is 2.78. The van der Waals surface area contributed by atoms with Gasteiger partial charge in [-0.1, -0.05) is 29.8 Å². The second-order valence-corrected chi connectivity index (χ2v) is 4.08. The summed E-state index contributed by atoms with van der Waals surface area (Å²) in [7, 11) is 0. The summed E-state index contributed by atoms with van der Waals surface area (Å²) < 4.78 is 0. The Hall–Kier alpha value is -1.38. The number of benzene rings is 1. The highest BCUT2D eigenvalue weighted by molar-refractivity contribution is 6.31. The fourth-order valence-corrected chi connectivity index (χ4v) is 1.89. The van der Waals surface area contributed by atoms with Crippen LogP contribution in [0.4, 0.5) is 0 Å². The van der Waals surface area contributed by atoms with E-state index in [1.165, 1.54) is 11.1 Å². The molecule has 0 aliphatic heterocycles. The molecule has 0 bridgehead atoms. The molecule has 1 aromatic heterocycles. The molecule has 0 spiro atoms. The van der Waals surface area contributed by atoms with Gasteiger partial charge in [0, 0.05) is 24.0 Å². The van der Waals surface area contributed by atoms with E-state index in [1.807, 2.05) is 24.4 Å². The molecule has 2 N–H and O–H groups in total. The van der Waals surface area contributed by atoms with Gasteiger partial charge in [0.2, 0.25) is 0 Å². The van der Waals surface area contributed by atoms with Crippen molar-refractivity contribution in [2.45, 2.75) is 13.0 Å². The lowest BCUT2D eigenvalue weighted by molar-refractivity contribution is 1.06. The van der Waals surface area contributed by atoms with E-state index >= 15 is 0 Å². The molecule has 2 aromatic rings. The van der Waals surface area contributed by atoms with Gasteiger partial charge in [0.15, 0.2) is 0 Å². The van der Waals surface area contributed by atoms with Gasteiger partial charge in [-0.2, -0.15) is 0 Å². The molecule has 0 fully saturated rings. The molecule has 0 aliphatic carbocycles. The van der Waals surface area contributed by atoms with Crippen LogP contribution in [0.25, 0.3) is 0 Å². The van der Waals surface area contributed by atoms with Crippen LogP contribution in [-0.4, -0.2) is 4.98 Å². The van der Waals surface area contributed by atoms with Gasteiger partial charge in [-0.15, -0.1) is 0 Å². The van der Waals surface area contributed by atoms with Crippen LogP contribution in [-0.2, 0) is 13.0 Å². The summed E-state index contributed by atoms with van der Waals surface area (Å²) >= 11 is 6.10. The van der Waals surface area contributed by atoms with Crippen LogP contribution in [0.1, 0.15) is 16.7 Å². The second kappa shape index (κ2) is 5.10. The van der Waals surface area contributed by atoms with E-state index in [0.717, 1.165) is 17.0 Å². The molecule has 16 heavy (non-hydrogen) atoms. The fraction of sp³-hybridized carbons (Fsp3) is 0.154. The third kappa shape index (κ3) is 2.60. The maximum absolute atomic E-state index is 6.10. The third-order valence-electron chi connectivity index (χ3n) is 2.47. The summed E-state index contributed by atoms with van der Waals surface area (Å²) in [6.45, 7) is 0.478. The van der Waals surface area contributed by atoms with Gasteiger partial charge < -0.3 is 5.73 Å². The van der Waals surface area contributed by atoms with Gasteiger partial charge in [-0.05, 0) is 35.2 Å². The van der Waals surface area contributed by atoms with E-state index in [2.05, 4.69) is 17.1 Å². The normalized spacial score (nSPS) is 10.4. The van der Waals surface area contributed by atoms with Crippen LogP contribution >= 0.6 is 11.6 Å². The topological polar surface area (TPSA) is 38.9 Å². The van der Waals surface area contributed by atoms with E-state index in [1.54, 1.807) is 6.20 Å². The van der Waals surface area contributed by atoms with Crippen molar-refractivity contribution in [3.8, 4) is 0 Å². The number of pyridine rings is 1. The lowest BCUT2D eigenvalue weighted by atomic mass is 10.0. The zero-order chi connectivity index (χ0) is 11.4. The zero-order valence-electron chi connectivity index (χ0n) is 8.86. The van der Waals surface area contributed by atoms with Crippen LogP contribution in [0.3, 0.4) is 0 Å². The Kier molecular flexibility index (Phi) is 3.54. The predicted molar refractivity (Wildman–Crippen MR) is 66.4 cm³/mol. The minimum absolute atomic E-state index is 0.478. The molecular weight excluding hydrogens is 220 g/mol. The first-order chi connectivity index (χ1) is 7.79. The van der Waals surface area contributed by atoms with Crippen molar-refractivity contribution in [3.63, 3.8) is 0 Å². The highest BCUT2D eigenvalue weighted by atomic mass is 35.5. The molecule has 1 heterocycles. The highest BCUT2D eigenvalue weighted by Gasteiger charge is 2.01. The Morgan fingerprint density at radius 1 is 1.19 bits per heavy atom. The van der Waals surface area contributed by atoms with E-state index in [-0.39, 0.29) is 0 Å². The minimum atomic E-state index is 0.478. The van der Waals surface area contributed by atoms with E-state index in [0.29, 0.717) is 6.54 Å². The lowest BCUT2D eigenvalue weighted by Gasteiger charge is -2.05. The van der Waals surface area contributed by atoms with Gasteiger partial charge in [0.05, 0.1) is 0 Å². The smallest absolute Gasteiger partial charge is 0.0453 e. The molecular formula is C13H13ClN2. The molecule has 82 valence electrons. The standard InChI is InChI=1S/C13H13ClN2/c14-13-7-10(3-4-12(13)8-15)6-11-2-1-5-16-9-11/h1-5,7,9H,6,8,15H2. The van der Waals surface area contributed by atoms with E-state index in [9.17, 15) is 0 Å². The Morgan fingerprint density at radius 3 is 2.69 bits per heavy atom. The Morgan fingerprint density at radius 2 is 2.06 bits per heavy atom. The number of nitrogens with zero attached hydrogens (tertiary/aromatic N) is 1. The summed E-state index contributed by atoms with van der Waals surface area (Å²) in [5.74, 6) is 0. The average Bonchev–Trinajstić information content (AvgIpc) is 2.31. The maximum atomic E-state index is 6.10. The van der Waals surface area contributed by atoms with E-state index in [4.69, 9.17) is 17.3 Å². The highest BCUT2D eigenvalue weighted by Crippen LogP contribution is 2.19. The molecule has 0 amide bonds. The number of halogens is 1. The minimum Gasteiger partial charge on any atom is -0.326 e. The molecule has 0 radical (unpaired) electrons. The van der Waals surface area contributed by atoms with Crippen molar-refractivity contribution < 1.29 is 0 Å². The molecule has 0 saturated carbocycles. The first kappa shape index (κ1) is 11.1. The molecule has 0 saturated heterocycles. The van der Waals surface area contributed by atoms with Crippen molar-refractivity contribution in [2.75, 3.05) is 0 Å². The number of hydrogen-bond donors (Lipinski definition) is 1. The van der Waals surface area contributed by atoms with Crippen LogP contribution in [0.5, 0.6) is 0 Å². The van der Waals surface area contributed by atoms with Crippen molar-refractivity contribution in [2.24, 2.45) is 5.73 Å². The molecule has 0 atom stereocenters. The van der Waals surface area contributed by atoms with Crippen molar-refractivity contribution in [3.05, 3.63) is 64.4 Å². The summed E-state index contributed by atoms with van der Waals surface area (Å²) in [5.41, 5.74) is 8.90. The van der Waals surface area contributed by atoms with Crippen LogP contribution in [0.2, 0.25) is 5.02 Å². The van der Waals surface area contributed by atoms with Gasteiger partial charge in [0.1, 0.15) is 0 Å². The van der Waals surface area contributed by atoms with Gasteiger partial charge in [-0.3, -0.25) is 4.98 Å². The Balaban J connectivity index is 2.20. The Labute approximate surface area is 100 Å². The molecule has 2 rings (SSSR count). The second-order valence-electron chi connectivity index (χ2n) is 3.67. The lowest BCUT2D eigenvalue weighted by Crippen LogP contribution is -1.98. The average molecular weight is 233 g/mol. The van der Waals surface area contributed by atoms with Gasteiger partial charge in [0.25, 0.3) is 0 Å². The molecule has 2 nitrogen and oxygen atoms in total. The van der Waals surface area contributed by atoms with Crippen LogP contribution < -0.4 is 5.73 Å². The summed E-state index contributed by atoms with van der Waals surface area (Å²) in [5, 5.41) is 0.740. The maximum Gasteiger partial charge on any atom is 0.0453 e. The largest absolute Gasteiger partial charge is 0.326 e. The van der Waals surface area contributed by atoms with Crippen molar-refractivity contribution in [1.82, 2.24) is 4.98 Å². The molecule has 1 aromatic carbocycles. The first-order valence-electron chi connectivity index (χ1n) is 5.16. The SMILES string of the molecule is NCc1ccc(Cc2cccnc2)cc1Cl. The fourth-order valence-electron chi connectivity index (χ4n) is 1.60. The Bertz CT molecular complexity index is 469. The quantitative estimate of drug-likeness (QED) is 0.884. The number of nitrogens with two attached hydrogens (primary N) is 1. The van der Waals surface area contributed by atoms with Crippen molar-refractivity contribution in [1.29, 1.82) is 0 Å². The molecule has 0 aliphatic rings. The first-order valence-corrected chi connectivity index (χ1v) is 5.53. The van der Waals surface area contributed by atoms with Crippen LogP contribution in [0.15, 0.2) is 42.7 Å². The van der Waals surface area contributed by atoms with E-state index < -0.39 is 0 Å². The monoisotopic (exact) mass is 232 g/mol. The molecule has 0 unspecified atom stereocenters. The van der Waals surface area contributed by atoms with Gasteiger partial charge >= 0.3 is 0 Å². The van der Waals surface area contributed by atoms with Gasteiger partial charge in [-0.25, -0.2) is 0 Å². The van der Waals surface area contributed by atoms with Crippen molar-refractivity contribution >= 4 is 11.6 Å². The zero-order valence-corrected chi connectivity index (χ0v) is 9.61.